The first-order valence-electron chi connectivity index (χ1n) is 5.83. The first-order valence-corrected chi connectivity index (χ1v) is 5.83. The number of ketones is 1. The fourth-order valence-electron chi connectivity index (χ4n) is 1.59. The molecule has 0 aromatic rings. The molecule has 82 valence electrons. The molecule has 1 nitrogen and oxygen atoms in total. The molecule has 0 amide bonds. The second-order valence-electron chi connectivity index (χ2n) is 4.17. The number of unbranched alkanes of at least 4 members (excludes halogenated alkanes) is 2. The van der Waals surface area contributed by atoms with E-state index >= 15 is 0 Å². The number of carbonyl (C=O) groups excluding carboxylic acids is 1. The van der Waals surface area contributed by atoms with Crippen LogP contribution in [-0.2, 0) is 4.79 Å². The summed E-state index contributed by atoms with van der Waals surface area (Å²) in [6, 6.07) is 0. The highest BCUT2D eigenvalue weighted by Gasteiger charge is 2.14. The van der Waals surface area contributed by atoms with Crippen LogP contribution in [0.5, 0.6) is 0 Å². The van der Waals surface area contributed by atoms with Crippen LogP contribution < -0.4 is 0 Å². The third-order valence-corrected chi connectivity index (χ3v) is 2.49. The van der Waals surface area contributed by atoms with Crippen LogP contribution in [0.4, 0.5) is 0 Å². The van der Waals surface area contributed by atoms with Crippen molar-refractivity contribution in [3.63, 3.8) is 0 Å². The Kier molecular flexibility index (Phi) is 8.61. The molecular weight excluding hydrogens is 172 g/mol. The molecule has 0 N–H and O–H groups in total. The maximum atomic E-state index is 10.7. The SMILES string of the molecule is C=CCCCC.CC1CCCC(=O)C1. The molecule has 0 aromatic carbocycles. The van der Waals surface area contributed by atoms with Crippen LogP contribution in [0.25, 0.3) is 0 Å². The number of allylic oxidation sites excluding steroid dienone is 1. The molecule has 1 rings (SSSR count). The van der Waals surface area contributed by atoms with E-state index in [9.17, 15) is 4.79 Å². The number of rotatable bonds is 3. The van der Waals surface area contributed by atoms with Gasteiger partial charge in [0.15, 0.2) is 0 Å². The molecule has 0 bridgehead atoms. The summed E-state index contributed by atoms with van der Waals surface area (Å²) in [4.78, 5) is 10.7. The summed E-state index contributed by atoms with van der Waals surface area (Å²) in [7, 11) is 0. The van der Waals surface area contributed by atoms with E-state index in [0.29, 0.717) is 11.7 Å². The van der Waals surface area contributed by atoms with Gasteiger partial charge in [-0.25, -0.2) is 0 Å². The Labute approximate surface area is 88.6 Å². The lowest BCUT2D eigenvalue weighted by molar-refractivity contribution is -0.121. The Morgan fingerprint density at radius 3 is 2.57 bits per heavy atom. The van der Waals surface area contributed by atoms with E-state index in [1.807, 2.05) is 6.08 Å². The van der Waals surface area contributed by atoms with E-state index in [-0.39, 0.29) is 0 Å². The Hall–Kier alpha value is -0.590. The van der Waals surface area contributed by atoms with Crippen molar-refractivity contribution in [2.24, 2.45) is 5.92 Å². The van der Waals surface area contributed by atoms with Gasteiger partial charge in [0.1, 0.15) is 5.78 Å². The van der Waals surface area contributed by atoms with Gasteiger partial charge in [0.05, 0.1) is 0 Å². The first-order chi connectivity index (χ1) is 6.70. The highest BCUT2D eigenvalue weighted by molar-refractivity contribution is 5.79. The molecule has 1 aliphatic rings. The van der Waals surface area contributed by atoms with Gasteiger partial charge in [-0.15, -0.1) is 6.58 Å². The van der Waals surface area contributed by atoms with E-state index in [1.165, 1.54) is 25.7 Å². The third kappa shape index (κ3) is 8.03. The molecular formula is C13H24O. The molecule has 1 heteroatoms. The van der Waals surface area contributed by atoms with Crippen LogP contribution in [0.1, 0.15) is 58.8 Å². The monoisotopic (exact) mass is 196 g/mol. The van der Waals surface area contributed by atoms with E-state index in [1.54, 1.807) is 0 Å². The van der Waals surface area contributed by atoms with Crippen molar-refractivity contribution in [2.75, 3.05) is 0 Å². The lowest BCUT2D eigenvalue weighted by Crippen LogP contribution is -2.11. The quantitative estimate of drug-likeness (QED) is 0.490. The number of hydrogen-bond donors (Lipinski definition) is 0. The van der Waals surface area contributed by atoms with Crippen molar-refractivity contribution >= 4 is 5.78 Å². The molecule has 0 radical (unpaired) electrons. The van der Waals surface area contributed by atoms with Crippen molar-refractivity contribution in [1.29, 1.82) is 0 Å². The molecule has 14 heavy (non-hydrogen) atoms. The fourth-order valence-corrected chi connectivity index (χ4v) is 1.59. The predicted octanol–water partition coefficient (Wildman–Crippen LogP) is 4.13. The maximum absolute atomic E-state index is 10.7. The standard InChI is InChI=1S/C7H12O.C6H12/c1-6-3-2-4-7(8)5-6;1-3-5-6-4-2/h6H,2-5H2,1H3;3H,1,4-6H2,2H3. The molecule has 0 aliphatic heterocycles. The summed E-state index contributed by atoms with van der Waals surface area (Å²) in [5.41, 5.74) is 0. The highest BCUT2D eigenvalue weighted by Crippen LogP contribution is 2.19. The van der Waals surface area contributed by atoms with Crippen molar-refractivity contribution < 1.29 is 4.79 Å². The third-order valence-electron chi connectivity index (χ3n) is 2.49. The van der Waals surface area contributed by atoms with Crippen molar-refractivity contribution in [2.45, 2.75) is 58.8 Å². The van der Waals surface area contributed by atoms with Gasteiger partial charge in [0, 0.05) is 12.8 Å². The van der Waals surface area contributed by atoms with Crippen LogP contribution in [-0.4, -0.2) is 5.78 Å². The van der Waals surface area contributed by atoms with Gasteiger partial charge in [-0.1, -0.05) is 32.8 Å². The van der Waals surface area contributed by atoms with Crippen LogP contribution in [0, 0.1) is 5.92 Å². The Bertz CT molecular complexity index is 161. The van der Waals surface area contributed by atoms with Crippen LogP contribution in [0.2, 0.25) is 0 Å². The lowest BCUT2D eigenvalue weighted by Gasteiger charge is -2.14. The van der Waals surface area contributed by atoms with Crippen LogP contribution in [0.15, 0.2) is 12.7 Å². The summed E-state index contributed by atoms with van der Waals surface area (Å²) < 4.78 is 0. The largest absolute Gasteiger partial charge is 0.300 e. The molecule has 1 aliphatic carbocycles. The number of hydrogen-bond acceptors (Lipinski definition) is 1. The van der Waals surface area contributed by atoms with Crippen LogP contribution in [0.3, 0.4) is 0 Å². The van der Waals surface area contributed by atoms with Gasteiger partial charge in [-0.3, -0.25) is 4.79 Å². The van der Waals surface area contributed by atoms with Gasteiger partial charge in [0.25, 0.3) is 0 Å². The van der Waals surface area contributed by atoms with E-state index in [4.69, 9.17) is 0 Å². The molecule has 0 saturated heterocycles. The smallest absolute Gasteiger partial charge is 0.133 e. The van der Waals surface area contributed by atoms with Gasteiger partial charge in [-0.05, 0) is 25.2 Å². The zero-order valence-corrected chi connectivity index (χ0v) is 9.72. The minimum atomic E-state index is 0.462. The van der Waals surface area contributed by atoms with Gasteiger partial charge in [-0.2, -0.15) is 0 Å². The zero-order valence-electron chi connectivity index (χ0n) is 9.72. The van der Waals surface area contributed by atoms with Crippen molar-refractivity contribution in [3.05, 3.63) is 12.7 Å². The Morgan fingerprint density at radius 2 is 2.29 bits per heavy atom. The van der Waals surface area contributed by atoms with Gasteiger partial charge < -0.3 is 0 Å². The minimum absolute atomic E-state index is 0.462. The highest BCUT2D eigenvalue weighted by atomic mass is 16.1. The normalized spacial score (nSPS) is 21.0. The molecule has 0 heterocycles. The van der Waals surface area contributed by atoms with Crippen molar-refractivity contribution in [1.82, 2.24) is 0 Å². The average molecular weight is 196 g/mol. The van der Waals surface area contributed by atoms with Gasteiger partial charge in [0.2, 0.25) is 0 Å². The van der Waals surface area contributed by atoms with E-state index in [2.05, 4.69) is 20.4 Å². The summed E-state index contributed by atoms with van der Waals surface area (Å²) >= 11 is 0. The molecule has 1 atom stereocenters. The predicted molar refractivity (Wildman–Crippen MR) is 62.4 cm³/mol. The second kappa shape index (κ2) is 8.98. The lowest BCUT2D eigenvalue weighted by atomic mass is 9.90. The van der Waals surface area contributed by atoms with Crippen molar-refractivity contribution in [3.8, 4) is 0 Å². The summed E-state index contributed by atoms with van der Waals surface area (Å²) in [6.45, 7) is 7.93. The molecule has 1 fully saturated rings. The average Bonchev–Trinajstić information content (AvgIpc) is 2.15. The van der Waals surface area contributed by atoms with E-state index < -0.39 is 0 Å². The van der Waals surface area contributed by atoms with E-state index in [0.717, 1.165) is 19.3 Å². The molecule has 0 aromatic heterocycles. The van der Waals surface area contributed by atoms with Gasteiger partial charge >= 0.3 is 0 Å². The molecule has 1 unspecified atom stereocenters. The fraction of sp³-hybridized carbons (Fsp3) is 0.769. The maximum Gasteiger partial charge on any atom is 0.133 e. The summed E-state index contributed by atoms with van der Waals surface area (Å²) in [6.07, 6.45) is 9.77. The Balaban J connectivity index is 0.000000255. The zero-order chi connectivity index (χ0) is 10.8. The first kappa shape index (κ1) is 13.4. The number of carbonyl (C=O) groups is 1. The summed E-state index contributed by atoms with van der Waals surface area (Å²) in [5.74, 6) is 1.12. The topological polar surface area (TPSA) is 17.1 Å². The molecule has 1 saturated carbocycles. The second-order valence-corrected chi connectivity index (χ2v) is 4.17. The Morgan fingerprint density at radius 1 is 1.57 bits per heavy atom. The number of Topliss-reactive ketones (excluding diaryl/α,β-unsaturated/α-hetero) is 1. The minimum Gasteiger partial charge on any atom is -0.300 e. The molecule has 0 spiro atoms. The van der Waals surface area contributed by atoms with Crippen LogP contribution >= 0.6 is 0 Å². The summed E-state index contributed by atoms with van der Waals surface area (Å²) in [5, 5.41) is 0.